The molecule has 7 nitrogen and oxygen atoms in total. The van der Waals surface area contributed by atoms with E-state index in [0.717, 1.165) is 18.0 Å². The van der Waals surface area contributed by atoms with Gasteiger partial charge in [0, 0.05) is 18.0 Å². The standard InChI is InChI=1S/C14H19N5O2S/c1-2-19-11(15)10(12(20)18-14(19)21)9-7-22-13(17-9)16-8-5-3-4-6-8/h7-8H,2-6,15H2,1H3,(H,16,17)(H,18,20,21). The van der Waals surface area contributed by atoms with Crippen molar-refractivity contribution in [3.8, 4) is 11.3 Å². The molecule has 0 bridgehead atoms. The van der Waals surface area contributed by atoms with Crippen molar-refractivity contribution in [3.63, 3.8) is 0 Å². The van der Waals surface area contributed by atoms with E-state index in [2.05, 4.69) is 15.3 Å². The number of hydrogen-bond acceptors (Lipinski definition) is 6. The highest BCUT2D eigenvalue weighted by Crippen LogP contribution is 2.28. The van der Waals surface area contributed by atoms with E-state index in [1.807, 2.05) is 0 Å². The molecule has 0 radical (unpaired) electrons. The first kappa shape index (κ1) is 14.8. The van der Waals surface area contributed by atoms with Crippen LogP contribution in [0.3, 0.4) is 0 Å². The smallest absolute Gasteiger partial charge is 0.329 e. The number of H-pyrrole nitrogens is 1. The quantitative estimate of drug-likeness (QED) is 0.793. The van der Waals surface area contributed by atoms with Crippen molar-refractivity contribution in [3.05, 3.63) is 26.2 Å². The summed E-state index contributed by atoms with van der Waals surface area (Å²) in [6, 6.07) is 0.458. The van der Waals surface area contributed by atoms with Crippen LogP contribution in [0.1, 0.15) is 32.6 Å². The van der Waals surface area contributed by atoms with Crippen LogP contribution in [0.25, 0.3) is 11.3 Å². The summed E-state index contributed by atoms with van der Waals surface area (Å²) in [7, 11) is 0. The van der Waals surface area contributed by atoms with Gasteiger partial charge < -0.3 is 11.1 Å². The topological polar surface area (TPSA) is 106 Å². The van der Waals surface area contributed by atoms with Crippen molar-refractivity contribution in [1.82, 2.24) is 14.5 Å². The molecule has 0 amide bonds. The molecular formula is C14H19N5O2S. The molecule has 0 aromatic carbocycles. The monoisotopic (exact) mass is 321 g/mol. The van der Waals surface area contributed by atoms with Gasteiger partial charge in [0.25, 0.3) is 5.56 Å². The summed E-state index contributed by atoms with van der Waals surface area (Å²) < 4.78 is 1.33. The molecule has 2 heterocycles. The number of nitrogens with zero attached hydrogens (tertiary/aromatic N) is 2. The Bertz CT molecular complexity index is 785. The van der Waals surface area contributed by atoms with Crippen molar-refractivity contribution >= 4 is 22.3 Å². The molecule has 1 aliphatic carbocycles. The van der Waals surface area contributed by atoms with Gasteiger partial charge in [0.05, 0.1) is 5.69 Å². The average Bonchev–Trinajstić information content (AvgIpc) is 3.11. The van der Waals surface area contributed by atoms with Crippen molar-refractivity contribution in [2.75, 3.05) is 11.1 Å². The molecule has 3 rings (SSSR count). The number of aromatic nitrogens is 3. The van der Waals surface area contributed by atoms with Gasteiger partial charge in [0.2, 0.25) is 0 Å². The Labute approximate surface area is 131 Å². The van der Waals surface area contributed by atoms with Gasteiger partial charge in [-0.3, -0.25) is 14.3 Å². The third-order valence-electron chi connectivity index (χ3n) is 4.00. The summed E-state index contributed by atoms with van der Waals surface area (Å²) in [6.45, 7) is 2.19. The zero-order valence-corrected chi connectivity index (χ0v) is 13.2. The van der Waals surface area contributed by atoms with Crippen molar-refractivity contribution in [2.24, 2.45) is 0 Å². The Kier molecular flexibility index (Phi) is 4.02. The first-order valence-corrected chi connectivity index (χ1v) is 8.33. The van der Waals surface area contributed by atoms with Gasteiger partial charge in [-0.05, 0) is 19.8 Å². The summed E-state index contributed by atoms with van der Waals surface area (Å²) in [5.41, 5.74) is 5.77. The molecule has 0 aliphatic heterocycles. The van der Waals surface area contributed by atoms with Gasteiger partial charge in [-0.25, -0.2) is 9.78 Å². The number of hydrogen-bond donors (Lipinski definition) is 3. The van der Waals surface area contributed by atoms with Gasteiger partial charge in [-0.2, -0.15) is 0 Å². The highest BCUT2D eigenvalue weighted by atomic mass is 32.1. The molecule has 2 aromatic rings. The fourth-order valence-electron chi connectivity index (χ4n) is 2.85. The van der Waals surface area contributed by atoms with E-state index in [1.165, 1.54) is 28.7 Å². The summed E-state index contributed by atoms with van der Waals surface area (Å²) in [4.78, 5) is 30.5. The molecule has 2 aromatic heterocycles. The first-order valence-electron chi connectivity index (χ1n) is 7.45. The van der Waals surface area contributed by atoms with E-state index < -0.39 is 11.2 Å². The van der Waals surface area contributed by atoms with Crippen LogP contribution in [-0.2, 0) is 6.54 Å². The maximum absolute atomic E-state index is 12.1. The third-order valence-corrected chi connectivity index (χ3v) is 4.77. The zero-order chi connectivity index (χ0) is 15.7. The molecule has 0 saturated heterocycles. The van der Waals surface area contributed by atoms with Crippen LogP contribution < -0.4 is 22.3 Å². The fourth-order valence-corrected chi connectivity index (χ4v) is 3.63. The summed E-state index contributed by atoms with van der Waals surface area (Å²) in [6.07, 6.45) is 4.78. The highest BCUT2D eigenvalue weighted by Gasteiger charge is 2.19. The Morgan fingerprint density at radius 3 is 2.86 bits per heavy atom. The Balaban J connectivity index is 1.96. The van der Waals surface area contributed by atoms with Crippen LogP contribution in [0, 0.1) is 0 Å². The Morgan fingerprint density at radius 2 is 2.18 bits per heavy atom. The molecule has 0 unspecified atom stereocenters. The number of aromatic amines is 1. The second-order valence-corrected chi connectivity index (χ2v) is 6.29. The van der Waals surface area contributed by atoms with Gasteiger partial charge in [0.15, 0.2) is 5.13 Å². The van der Waals surface area contributed by atoms with Crippen molar-refractivity contribution < 1.29 is 0 Å². The molecule has 8 heteroatoms. The molecule has 1 saturated carbocycles. The van der Waals surface area contributed by atoms with E-state index in [-0.39, 0.29) is 11.4 Å². The van der Waals surface area contributed by atoms with Crippen LogP contribution in [-0.4, -0.2) is 20.6 Å². The van der Waals surface area contributed by atoms with Crippen LogP contribution >= 0.6 is 11.3 Å². The predicted octanol–water partition coefficient (Wildman–Crippen LogP) is 1.62. The minimum atomic E-state index is -0.495. The van der Waals surface area contributed by atoms with Gasteiger partial charge in [0.1, 0.15) is 11.4 Å². The fraction of sp³-hybridized carbons (Fsp3) is 0.500. The van der Waals surface area contributed by atoms with Gasteiger partial charge in [-0.15, -0.1) is 11.3 Å². The molecule has 1 aliphatic rings. The Hall–Kier alpha value is -2.09. The largest absolute Gasteiger partial charge is 0.384 e. The van der Waals surface area contributed by atoms with Crippen LogP contribution in [0.5, 0.6) is 0 Å². The average molecular weight is 321 g/mol. The van der Waals surface area contributed by atoms with E-state index in [9.17, 15) is 9.59 Å². The van der Waals surface area contributed by atoms with Gasteiger partial charge >= 0.3 is 5.69 Å². The molecule has 22 heavy (non-hydrogen) atoms. The number of thiazole rings is 1. The normalized spacial score (nSPS) is 15.3. The lowest BCUT2D eigenvalue weighted by Gasteiger charge is -2.10. The SMILES string of the molecule is CCn1c(N)c(-c2csc(NC3CCCC3)n2)c(=O)[nH]c1=O. The van der Waals surface area contributed by atoms with E-state index >= 15 is 0 Å². The lowest BCUT2D eigenvalue weighted by atomic mass is 10.2. The number of anilines is 2. The lowest BCUT2D eigenvalue weighted by molar-refractivity contribution is 0.706. The van der Waals surface area contributed by atoms with Gasteiger partial charge in [-0.1, -0.05) is 12.8 Å². The summed E-state index contributed by atoms with van der Waals surface area (Å²) >= 11 is 1.45. The van der Waals surface area contributed by atoms with Crippen molar-refractivity contribution in [1.29, 1.82) is 0 Å². The Morgan fingerprint density at radius 1 is 1.45 bits per heavy atom. The predicted molar refractivity (Wildman–Crippen MR) is 88.4 cm³/mol. The molecule has 4 N–H and O–H groups in total. The van der Waals surface area contributed by atoms with E-state index in [0.29, 0.717) is 18.3 Å². The lowest BCUT2D eigenvalue weighted by Crippen LogP contribution is -2.33. The number of nitrogens with two attached hydrogens (primary N) is 1. The molecule has 0 spiro atoms. The summed E-state index contributed by atoms with van der Waals surface area (Å²) in [5, 5.41) is 5.98. The van der Waals surface area contributed by atoms with Crippen LogP contribution in [0.15, 0.2) is 15.0 Å². The van der Waals surface area contributed by atoms with E-state index in [4.69, 9.17) is 5.73 Å². The molecule has 1 fully saturated rings. The van der Waals surface area contributed by atoms with Crippen LogP contribution in [0.4, 0.5) is 10.9 Å². The third kappa shape index (κ3) is 2.66. The number of rotatable bonds is 4. The van der Waals surface area contributed by atoms with E-state index in [1.54, 1.807) is 12.3 Å². The van der Waals surface area contributed by atoms with Crippen molar-refractivity contribution in [2.45, 2.75) is 45.2 Å². The minimum absolute atomic E-state index is 0.161. The molecule has 0 atom stereocenters. The van der Waals surface area contributed by atoms with Crippen LogP contribution in [0.2, 0.25) is 0 Å². The first-order chi connectivity index (χ1) is 10.6. The maximum atomic E-state index is 12.1. The highest BCUT2D eigenvalue weighted by molar-refractivity contribution is 7.14. The zero-order valence-electron chi connectivity index (χ0n) is 12.4. The molecule has 118 valence electrons. The molecular weight excluding hydrogens is 302 g/mol. The second kappa shape index (κ2) is 5.96. The number of nitrogens with one attached hydrogen (secondary N) is 2. The second-order valence-electron chi connectivity index (χ2n) is 5.43. The summed E-state index contributed by atoms with van der Waals surface area (Å²) in [5.74, 6) is 0.161. The number of nitrogen functional groups attached to an aromatic ring is 1. The maximum Gasteiger partial charge on any atom is 0.329 e. The minimum Gasteiger partial charge on any atom is -0.384 e.